The van der Waals surface area contributed by atoms with Gasteiger partial charge in [-0.2, -0.15) is 0 Å². The maximum Gasteiger partial charge on any atom is 0.238 e. The standard InChI is InChI=1S/C25H25N3O3/c1-30-24-13-20-19-9-5-6-10-22(19)31-23(20)14-21(24)27-25(29)16-28-12-11-18(15-28)26-17-7-3-2-4-8-17/h2-10,13-14,18,26H,11-12,15-16H2,1H3,(H,27,29). The van der Waals surface area contributed by atoms with E-state index in [4.69, 9.17) is 9.15 Å². The Balaban J connectivity index is 1.26. The molecular formula is C25H25N3O3. The normalized spacial score (nSPS) is 16.6. The molecule has 31 heavy (non-hydrogen) atoms. The predicted molar refractivity (Wildman–Crippen MR) is 124 cm³/mol. The van der Waals surface area contributed by atoms with E-state index in [0.717, 1.165) is 47.1 Å². The molecule has 0 bridgehead atoms. The van der Waals surface area contributed by atoms with E-state index in [0.29, 0.717) is 24.0 Å². The minimum atomic E-state index is -0.0610. The second-order valence-corrected chi connectivity index (χ2v) is 7.93. The van der Waals surface area contributed by atoms with Crippen LogP contribution in [-0.2, 0) is 4.79 Å². The van der Waals surface area contributed by atoms with E-state index in [1.807, 2.05) is 54.6 Å². The number of carbonyl (C=O) groups is 1. The molecule has 5 rings (SSSR count). The number of nitrogens with one attached hydrogen (secondary N) is 2. The summed E-state index contributed by atoms with van der Waals surface area (Å²) in [5, 5.41) is 8.54. The maximum atomic E-state index is 12.8. The van der Waals surface area contributed by atoms with Gasteiger partial charge in [0.2, 0.25) is 5.91 Å². The number of methoxy groups -OCH3 is 1. The van der Waals surface area contributed by atoms with Crippen molar-refractivity contribution in [2.24, 2.45) is 0 Å². The van der Waals surface area contributed by atoms with E-state index in [-0.39, 0.29) is 5.91 Å². The molecule has 0 saturated carbocycles. The minimum Gasteiger partial charge on any atom is -0.495 e. The summed E-state index contributed by atoms with van der Waals surface area (Å²) in [5.74, 6) is 0.562. The van der Waals surface area contributed by atoms with E-state index in [9.17, 15) is 4.79 Å². The topological polar surface area (TPSA) is 66.7 Å². The number of fused-ring (bicyclic) bond motifs is 3. The molecule has 3 aromatic carbocycles. The van der Waals surface area contributed by atoms with Crippen molar-refractivity contribution in [1.82, 2.24) is 4.90 Å². The van der Waals surface area contributed by atoms with Crippen LogP contribution in [0.4, 0.5) is 11.4 Å². The molecular weight excluding hydrogens is 390 g/mol. The smallest absolute Gasteiger partial charge is 0.238 e. The number of nitrogens with zero attached hydrogens (tertiary/aromatic N) is 1. The third-order valence-electron chi connectivity index (χ3n) is 5.76. The quantitative estimate of drug-likeness (QED) is 0.477. The molecule has 1 saturated heterocycles. The van der Waals surface area contributed by atoms with Crippen LogP contribution >= 0.6 is 0 Å². The Kier molecular flexibility index (Phi) is 5.22. The number of hydrogen-bond donors (Lipinski definition) is 2. The molecule has 1 fully saturated rings. The first-order chi connectivity index (χ1) is 15.2. The molecule has 0 radical (unpaired) electrons. The molecule has 6 nitrogen and oxygen atoms in total. The molecule has 0 aliphatic carbocycles. The van der Waals surface area contributed by atoms with Gasteiger partial charge in [-0.3, -0.25) is 9.69 Å². The van der Waals surface area contributed by atoms with Gasteiger partial charge < -0.3 is 19.8 Å². The fourth-order valence-electron chi connectivity index (χ4n) is 4.28. The first-order valence-electron chi connectivity index (χ1n) is 10.5. The van der Waals surface area contributed by atoms with E-state index < -0.39 is 0 Å². The molecule has 158 valence electrons. The van der Waals surface area contributed by atoms with Crippen molar-refractivity contribution in [3.8, 4) is 5.75 Å². The Labute approximate surface area is 180 Å². The summed E-state index contributed by atoms with van der Waals surface area (Å²) in [4.78, 5) is 14.9. The van der Waals surface area contributed by atoms with Crippen molar-refractivity contribution in [3.63, 3.8) is 0 Å². The highest BCUT2D eigenvalue weighted by atomic mass is 16.5. The second kappa shape index (κ2) is 8.32. The summed E-state index contributed by atoms with van der Waals surface area (Å²) < 4.78 is 11.5. The fraction of sp³-hybridized carbons (Fsp3) is 0.240. The summed E-state index contributed by atoms with van der Waals surface area (Å²) >= 11 is 0. The fourth-order valence-corrected chi connectivity index (χ4v) is 4.28. The number of hydrogen-bond acceptors (Lipinski definition) is 5. The zero-order valence-electron chi connectivity index (χ0n) is 17.4. The second-order valence-electron chi connectivity index (χ2n) is 7.93. The van der Waals surface area contributed by atoms with Crippen molar-refractivity contribution in [2.75, 3.05) is 37.4 Å². The van der Waals surface area contributed by atoms with Gasteiger partial charge in [0.25, 0.3) is 0 Å². The number of likely N-dealkylation sites (tertiary alicyclic amines) is 1. The lowest BCUT2D eigenvalue weighted by Crippen LogP contribution is -2.33. The van der Waals surface area contributed by atoms with E-state index in [1.54, 1.807) is 7.11 Å². The number of rotatable bonds is 6. The number of carbonyl (C=O) groups excluding carboxylic acids is 1. The first-order valence-corrected chi connectivity index (χ1v) is 10.5. The summed E-state index contributed by atoms with van der Waals surface area (Å²) in [6.07, 6.45) is 1.01. The Morgan fingerprint density at radius 2 is 1.87 bits per heavy atom. The van der Waals surface area contributed by atoms with Crippen LogP contribution in [0.3, 0.4) is 0 Å². The highest BCUT2D eigenvalue weighted by molar-refractivity contribution is 6.07. The molecule has 6 heteroatoms. The van der Waals surface area contributed by atoms with E-state index in [1.165, 1.54) is 0 Å². The molecule has 1 amide bonds. The minimum absolute atomic E-state index is 0.0610. The summed E-state index contributed by atoms with van der Waals surface area (Å²) in [5.41, 5.74) is 3.28. The maximum absolute atomic E-state index is 12.8. The van der Waals surface area contributed by atoms with Crippen molar-refractivity contribution >= 4 is 39.2 Å². The molecule has 2 N–H and O–H groups in total. The number of furan rings is 1. The van der Waals surface area contributed by atoms with Crippen molar-refractivity contribution in [2.45, 2.75) is 12.5 Å². The third-order valence-corrected chi connectivity index (χ3v) is 5.76. The van der Waals surface area contributed by atoms with Crippen LogP contribution in [0.2, 0.25) is 0 Å². The largest absolute Gasteiger partial charge is 0.495 e. The highest BCUT2D eigenvalue weighted by Gasteiger charge is 2.24. The SMILES string of the molecule is COc1cc2c(cc1NC(=O)CN1CCC(Nc3ccccc3)C1)oc1ccccc12. The van der Waals surface area contributed by atoms with Gasteiger partial charge in [-0.1, -0.05) is 36.4 Å². The van der Waals surface area contributed by atoms with Gasteiger partial charge >= 0.3 is 0 Å². The van der Waals surface area contributed by atoms with E-state index >= 15 is 0 Å². The number of ether oxygens (including phenoxy) is 1. The van der Waals surface area contributed by atoms with Crippen LogP contribution in [0.1, 0.15) is 6.42 Å². The van der Waals surface area contributed by atoms with Gasteiger partial charge in [0.15, 0.2) is 0 Å². The Morgan fingerprint density at radius 3 is 2.71 bits per heavy atom. The van der Waals surface area contributed by atoms with Crippen LogP contribution in [0.25, 0.3) is 21.9 Å². The zero-order chi connectivity index (χ0) is 21.2. The molecule has 1 aliphatic heterocycles. The number of benzene rings is 3. The van der Waals surface area contributed by atoms with Gasteiger partial charge in [-0.05, 0) is 30.7 Å². The zero-order valence-corrected chi connectivity index (χ0v) is 17.4. The van der Waals surface area contributed by atoms with Crippen LogP contribution in [-0.4, -0.2) is 43.6 Å². The van der Waals surface area contributed by atoms with Gasteiger partial charge in [0.1, 0.15) is 16.9 Å². The average Bonchev–Trinajstić information content (AvgIpc) is 3.37. The lowest BCUT2D eigenvalue weighted by molar-refractivity contribution is -0.117. The lowest BCUT2D eigenvalue weighted by atomic mass is 10.1. The highest BCUT2D eigenvalue weighted by Crippen LogP contribution is 2.36. The van der Waals surface area contributed by atoms with Gasteiger partial charge in [-0.25, -0.2) is 0 Å². The lowest BCUT2D eigenvalue weighted by Gasteiger charge is -2.17. The molecule has 0 spiro atoms. The Morgan fingerprint density at radius 1 is 1.06 bits per heavy atom. The van der Waals surface area contributed by atoms with Gasteiger partial charge in [0.05, 0.1) is 19.3 Å². The van der Waals surface area contributed by atoms with Crippen molar-refractivity contribution in [1.29, 1.82) is 0 Å². The molecule has 2 heterocycles. The third kappa shape index (κ3) is 4.07. The van der Waals surface area contributed by atoms with Gasteiger partial charge in [0, 0.05) is 41.7 Å². The Hall–Kier alpha value is -3.51. The monoisotopic (exact) mass is 415 g/mol. The molecule has 4 aromatic rings. The molecule has 1 aliphatic rings. The first kappa shape index (κ1) is 19.5. The average molecular weight is 415 g/mol. The number of para-hydroxylation sites is 2. The predicted octanol–water partition coefficient (Wildman–Crippen LogP) is 4.72. The summed E-state index contributed by atoms with van der Waals surface area (Å²) in [6, 6.07) is 22.2. The Bertz CT molecular complexity index is 1220. The summed E-state index contributed by atoms with van der Waals surface area (Å²) in [6.45, 7) is 2.06. The van der Waals surface area contributed by atoms with Crippen LogP contribution in [0, 0.1) is 0 Å². The van der Waals surface area contributed by atoms with Crippen LogP contribution in [0.15, 0.2) is 71.1 Å². The summed E-state index contributed by atoms with van der Waals surface area (Å²) in [7, 11) is 1.61. The molecule has 1 unspecified atom stereocenters. The van der Waals surface area contributed by atoms with Gasteiger partial charge in [-0.15, -0.1) is 0 Å². The van der Waals surface area contributed by atoms with Crippen molar-refractivity contribution < 1.29 is 13.9 Å². The number of amides is 1. The molecule has 1 aromatic heterocycles. The van der Waals surface area contributed by atoms with Crippen molar-refractivity contribution in [3.05, 3.63) is 66.7 Å². The van der Waals surface area contributed by atoms with E-state index in [2.05, 4.69) is 27.7 Å². The van der Waals surface area contributed by atoms with Crippen LogP contribution in [0.5, 0.6) is 5.75 Å². The molecule has 1 atom stereocenters. The number of anilines is 2. The van der Waals surface area contributed by atoms with Crippen LogP contribution < -0.4 is 15.4 Å².